The molecule has 0 saturated carbocycles. The number of carboxylic acid groups (broad SMARTS) is 1. The van der Waals surface area contributed by atoms with E-state index in [0.29, 0.717) is 5.56 Å². The van der Waals surface area contributed by atoms with Gasteiger partial charge < -0.3 is 10.2 Å². The molecule has 0 saturated heterocycles. The third-order valence-corrected chi connectivity index (χ3v) is 3.05. The van der Waals surface area contributed by atoms with Crippen molar-refractivity contribution < 1.29 is 15.0 Å². The van der Waals surface area contributed by atoms with E-state index >= 15 is 0 Å². The Bertz CT molecular complexity index is 561. The average molecular weight is 244 g/mol. The van der Waals surface area contributed by atoms with E-state index in [-0.39, 0.29) is 6.61 Å². The number of aliphatic hydroxyl groups is 1. The van der Waals surface area contributed by atoms with Gasteiger partial charge in [-0.25, -0.2) is 4.79 Å². The summed E-state index contributed by atoms with van der Waals surface area (Å²) in [6.45, 7) is 0.219. The second-order valence-electron chi connectivity index (χ2n) is 4.35. The van der Waals surface area contributed by atoms with Gasteiger partial charge >= 0.3 is 5.97 Å². The fraction of sp³-hybridized carbons (Fsp3) is 0.267. The Balaban J connectivity index is 2.32. The molecule has 3 heteroatoms. The zero-order valence-corrected chi connectivity index (χ0v) is 10.1. The van der Waals surface area contributed by atoms with E-state index in [4.69, 9.17) is 10.2 Å². The predicted octanol–water partition coefficient (Wildman–Crippen LogP) is 2.85. The number of unbranched alkanes of at least 4 members (excludes halogenated alkanes) is 1. The van der Waals surface area contributed by atoms with Crippen LogP contribution in [0.1, 0.15) is 28.8 Å². The molecule has 94 valence electrons. The molecule has 0 radical (unpaired) electrons. The van der Waals surface area contributed by atoms with E-state index in [1.807, 2.05) is 24.3 Å². The molecule has 3 nitrogen and oxygen atoms in total. The van der Waals surface area contributed by atoms with E-state index < -0.39 is 5.97 Å². The molecule has 2 N–H and O–H groups in total. The smallest absolute Gasteiger partial charge is 0.336 e. The van der Waals surface area contributed by atoms with E-state index in [0.717, 1.165) is 30.0 Å². The number of aromatic carboxylic acids is 1. The summed E-state index contributed by atoms with van der Waals surface area (Å²) in [7, 11) is 0. The second-order valence-corrected chi connectivity index (χ2v) is 4.35. The van der Waals surface area contributed by atoms with E-state index in [1.165, 1.54) is 5.56 Å². The summed E-state index contributed by atoms with van der Waals surface area (Å²) in [4.78, 5) is 11.1. The molecular formula is C15H16O3. The van der Waals surface area contributed by atoms with Gasteiger partial charge in [0.05, 0.1) is 5.56 Å². The standard InChI is InChI=1S/C15H16O3/c16-9-2-1-4-11-7-8-13-12(10-11)5-3-6-14(13)15(17)18/h3,5-8,10,16H,1-2,4,9H2,(H,17,18). The van der Waals surface area contributed by atoms with Crippen LogP contribution in [0.3, 0.4) is 0 Å². The molecule has 0 spiro atoms. The molecule has 0 unspecified atom stereocenters. The number of rotatable bonds is 5. The van der Waals surface area contributed by atoms with Gasteiger partial charge in [0.25, 0.3) is 0 Å². The SMILES string of the molecule is O=C(O)c1cccc2cc(CCCCO)ccc12. The summed E-state index contributed by atoms with van der Waals surface area (Å²) in [6, 6.07) is 11.2. The second kappa shape index (κ2) is 5.65. The number of aliphatic hydroxyl groups excluding tert-OH is 1. The Labute approximate surface area is 106 Å². The lowest BCUT2D eigenvalue weighted by atomic mass is 10.00. The average Bonchev–Trinajstić information content (AvgIpc) is 2.38. The molecular weight excluding hydrogens is 228 g/mol. The molecule has 0 aliphatic carbocycles. The van der Waals surface area contributed by atoms with Crippen molar-refractivity contribution in [3.8, 4) is 0 Å². The molecule has 2 aromatic rings. The van der Waals surface area contributed by atoms with Crippen LogP contribution in [0.4, 0.5) is 0 Å². The lowest BCUT2D eigenvalue weighted by Gasteiger charge is -2.05. The number of aryl methyl sites for hydroxylation is 1. The van der Waals surface area contributed by atoms with Crippen LogP contribution >= 0.6 is 0 Å². The first-order valence-corrected chi connectivity index (χ1v) is 6.08. The van der Waals surface area contributed by atoms with Crippen molar-refractivity contribution in [1.29, 1.82) is 0 Å². The topological polar surface area (TPSA) is 57.5 Å². The normalized spacial score (nSPS) is 10.7. The number of carbonyl (C=O) groups is 1. The van der Waals surface area contributed by atoms with Gasteiger partial charge in [0.1, 0.15) is 0 Å². The highest BCUT2D eigenvalue weighted by Crippen LogP contribution is 2.21. The third kappa shape index (κ3) is 2.68. The van der Waals surface area contributed by atoms with Crippen molar-refractivity contribution in [1.82, 2.24) is 0 Å². The predicted molar refractivity (Wildman–Crippen MR) is 70.9 cm³/mol. The van der Waals surface area contributed by atoms with Gasteiger partial charge in [-0.05, 0) is 41.7 Å². The minimum Gasteiger partial charge on any atom is -0.478 e. The van der Waals surface area contributed by atoms with Gasteiger partial charge in [-0.1, -0.05) is 30.3 Å². The number of benzene rings is 2. The summed E-state index contributed by atoms with van der Waals surface area (Å²) >= 11 is 0. The van der Waals surface area contributed by atoms with Crippen molar-refractivity contribution in [2.75, 3.05) is 6.61 Å². The number of fused-ring (bicyclic) bond motifs is 1. The van der Waals surface area contributed by atoms with Crippen molar-refractivity contribution in [2.45, 2.75) is 19.3 Å². The Morgan fingerprint density at radius 3 is 2.67 bits per heavy atom. The Morgan fingerprint density at radius 1 is 1.11 bits per heavy atom. The van der Waals surface area contributed by atoms with Crippen molar-refractivity contribution in [3.63, 3.8) is 0 Å². The van der Waals surface area contributed by atoms with Crippen molar-refractivity contribution in [2.24, 2.45) is 0 Å². The van der Waals surface area contributed by atoms with Crippen LogP contribution in [0.2, 0.25) is 0 Å². The first kappa shape index (κ1) is 12.6. The summed E-state index contributed by atoms with van der Waals surface area (Å²) < 4.78 is 0. The monoisotopic (exact) mass is 244 g/mol. The van der Waals surface area contributed by atoms with Gasteiger partial charge in [0.15, 0.2) is 0 Å². The van der Waals surface area contributed by atoms with Crippen LogP contribution in [-0.4, -0.2) is 22.8 Å². The van der Waals surface area contributed by atoms with E-state index in [1.54, 1.807) is 12.1 Å². The Kier molecular flexibility index (Phi) is 3.95. The Hall–Kier alpha value is -1.87. The number of hydrogen-bond acceptors (Lipinski definition) is 2. The number of hydrogen-bond donors (Lipinski definition) is 2. The van der Waals surface area contributed by atoms with Crippen LogP contribution in [0.15, 0.2) is 36.4 Å². The highest BCUT2D eigenvalue weighted by Gasteiger charge is 2.07. The minimum atomic E-state index is -0.895. The highest BCUT2D eigenvalue weighted by atomic mass is 16.4. The summed E-state index contributed by atoms with van der Waals surface area (Å²) in [6.07, 6.45) is 2.65. The zero-order valence-electron chi connectivity index (χ0n) is 10.1. The van der Waals surface area contributed by atoms with Crippen LogP contribution in [0.25, 0.3) is 10.8 Å². The van der Waals surface area contributed by atoms with Crippen molar-refractivity contribution in [3.05, 3.63) is 47.5 Å². The molecule has 0 bridgehead atoms. The molecule has 0 aliphatic rings. The van der Waals surface area contributed by atoms with Crippen LogP contribution < -0.4 is 0 Å². The quantitative estimate of drug-likeness (QED) is 0.795. The molecule has 0 fully saturated rings. The number of carboxylic acids is 1. The molecule has 0 atom stereocenters. The van der Waals surface area contributed by atoms with Gasteiger partial charge in [-0.15, -0.1) is 0 Å². The van der Waals surface area contributed by atoms with E-state index in [9.17, 15) is 4.79 Å². The minimum absolute atomic E-state index is 0.219. The van der Waals surface area contributed by atoms with Crippen LogP contribution in [-0.2, 0) is 6.42 Å². The zero-order chi connectivity index (χ0) is 13.0. The molecule has 2 rings (SSSR count). The fourth-order valence-corrected chi connectivity index (χ4v) is 2.12. The van der Waals surface area contributed by atoms with Gasteiger partial charge in [0, 0.05) is 6.61 Å². The third-order valence-electron chi connectivity index (χ3n) is 3.05. The maximum absolute atomic E-state index is 11.1. The first-order valence-electron chi connectivity index (χ1n) is 6.08. The van der Waals surface area contributed by atoms with Gasteiger partial charge in [0.2, 0.25) is 0 Å². The highest BCUT2D eigenvalue weighted by molar-refractivity contribution is 6.03. The first-order chi connectivity index (χ1) is 8.72. The maximum Gasteiger partial charge on any atom is 0.336 e. The molecule has 0 aliphatic heterocycles. The molecule has 0 amide bonds. The van der Waals surface area contributed by atoms with Crippen molar-refractivity contribution >= 4 is 16.7 Å². The summed E-state index contributed by atoms with van der Waals surface area (Å²) in [5, 5.41) is 19.6. The maximum atomic E-state index is 11.1. The van der Waals surface area contributed by atoms with E-state index in [2.05, 4.69) is 0 Å². The summed E-state index contributed by atoms with van der Waals surface area (Å²) in [5.41, 5.74) is 1.52. The van der Waals surface area contributed by atoms with Gasteiger partial charge in [-0.2, -0.15) is 0 Å². The molecule has 18 heavy (non-hydrogen) atoms. The van der Waals surface area contributed by atoms with Crippen LogP contribution in [0, 0.1) is 0 Å². The summed E-state index contributed by atoms with van der Waals surface area (Å²) in [5.74, 6) is -0.895. The molecule has 0 heterocycles. The lowest BCUT2D eigenvalue weighted by Crippen LogP contribution is -1.97. The largest absolute Gasteiger partial charge is 0.478 e. The molecule has 2 aromatic carbocycles. The van der Waals surface area contributed by atoms with Gasteiger partial charge in [-0.3, -0.25) is 0 Å². The fourth-order valence-electron chi connectivity index (χ4n) is 2.12. The molecule has 0 aromatic heterocycles. The Morgan fingerprint density at radius 2 is 1.94 bits per heavy atom. The van der Waals surface area contributed by atoms with Crippen LogP contribution in [0.5, 0.6) is 0 Å². The lowest BCUT2D eigenvalue weighted by molar-refractivity contribution is 0.0699.